The molecule has 142 valence electrons. The zero-order chi connectivity index (χ0) is 19.8. The normalized spacial score (nSPS) is 11.6. The molecule has 0 saturated heterocycles. The minimum absolute atomic E-state index is 0.138. The van der Waals surface area contributed by atoms with Gasteiger partial charge in [0.25, 0.3) is 11.8 Å². The Bertz CT molecular complexity index is 809. The maximum Gasteiger partial charge on any atom is 0.272 e. The molecule has 0 unspecified atom stereocenters. The van der Waals surface area contributed by atoms with Crippen molar-refractivity contribution < 1.29 is 18.8 Å². The fourth-order valence-electron chi connectivity index (χ4n) is 2.45. The van der Waals surface area contributed by atoms with Gasteiger partial charge in [-0.05, 0) is 23.6 Å². The van der Waals surface area contributed by atoms with Crippen LogP contribution in [0.1, 0.15) is 29.8 Å². The van der Waals surface area contributed by atoms with Crippen molar-refractivity contribution >= 4 is 17.7 Å². The van der Waals surface area contributed by atoms with Crippen molar-refractivity contribution in [2.75, 3.05) is 0 Å². The Morgan fingerprint density at radius 2 is 1.56 bits per heavy atom. The van der Waals surface area contributed by atoms with E-state index in [2.05, 4.69) is 16.2 Å². The number of carbonyl (C=O) groups is 3. The van der Waals surface area contributed by atoms with Crippen LogP contribution in [-0.2, 0) is 16.0 Å². The first-order valence-corrected chi connectivity index (χ1v) is 8.56. The third-order valence-electron chi connectivity index (χ3n) is 3.89. The molecule has 2 rings (SSSR count). The van der Waals surface area contributed by atoms with Crippen molar-refractivity contribution in [1.29, 1.82) is 0 Å². The topological polar surface area (TPSA) is 87.3 Å². The highest BCUT2D eigenvalue weighted by Gasteiger charge is 2.25. The lowest BCUT2D eigenvalue weighted by atomic mass is 10.0. The summed E-state index contributed by atoms with van der Waals surface area (Å²) in [6.07, 6.45) is 0.138. The molecule has 27 heavy (non-hydrogen) atoms. The van der Waals surface area contributed by atoms with Crippen LogP contribution in [0.4, 0.5) is 4.39 Å². The second-order valence-electron chi connectivity index (χ2n) is 6.37. The number of amides is 3. The Morgan fingerprint density at radius 3 is 2.19 bits per heavy atom. The molecule has 0 bridgehead atoms. The first kappa shape index (κ1) is 20.1. The number of nitrogens with one attached hydrogen (secondary N) is 3. The highest BCUT2D eigenvalue weighted by atomic mass is 19.1. The van der Waals surface area contributed by atoms with Gasteiger partial charge in [-0.1, -0.05) is 56.3 Å². The average Bonchev–Trinajstić information content (AvgIpc) is 2.65. The van der Waals surface area contributed by atoms with Crippen molar-refractivity contribution in [1.82, 2.24) is 16.2 Å². The summed E-state index contributed by atoms with van der Waals surface area (Å²) in [6, 6.07) is 13.7. The van der Waals surface area contributed by atoms with E-state index < -0.39 is 23.7 Å². The molecule has 0 heterocycles. The van der Waals surface area contributed by atoms with Crippen molar-refractivity contribution in [2.45, 2.75) is 26.3 Å². The summed E-state index contributed by atoms with van der Waals surface area (Å²) in [6.45, 7) is 3.54. The monoisotopic (exact) mass is 371 g/mol. The van der Waals surface area contributed by atoms with Crippen LogP contribution in [-0.4, -0.2) is 23.8 Å². The Morgan fingerprint density at radius 1 is 0.926 bits per heavy atom. The molecule has 0 spiro atoms. The number of benzene rings is 2. The van der Waals surface area contributed by atoms with E-state index in [4.69, 9.17) is 0 Å². The standard InChI is InChI=1S/C20H22FN3O3/c1-13(2)18(22-17(25)12-14-8-4-3-5-9-14)20(27)24-23-19(26)15-10-6-7-11-16(15)21/h3-11,13,18H,12H2,1-2H3,(H,22,25)(H,23,26)(H,24,27)/t18-/m0/s1. The molecular weight excluding hydrogens is 349 g/mol. The van der Waals surface area contributed by atoms with Gasteiger partial charge in [-0.2, -0.15) is 0 Å². The first-order chi connectivity index (χ1) is 12.9. The van der Waals surface area contributed by atoms with E-state index >= 15 is 0 Å². The average molecular weight is 371 g/mol. The largest absolute Gasteiger partial charge is 0.344 e. The third kappa shape index (κ3) is 5.91. The smallest absolute Gasteiger partial charge is 0.272 e. The zero-order valence-corrected chi connectivity index (χ0v) is 15.2. The van der Waals surface area contributed by atoms with Gasteiger partial charge in [-0.25, -0.2) is 4.39 Å². The summed E-state index contributed by atoms with van der Waals surface area (Å²) in [5.74, 6) is -2.58. The van der Waals surface area contributed by atoms with E-state index in [1.165, 1.54) is 18.2 Å². The molecule has 2 aromatic rings. The van der Waals surface area contributed by atoms with Gasteiger partial charge in [0.1, 0.15) is 11.9 Å². The fraction of sp³-hybridized carbons (Fsp3) is 0.250. The maximum atomic E-state index is 13.6. The summed E-state index contributed by atoms with van der Waals surface area (Å²) in [4.78, 5) is 36.5. The molecule has 3 amide bonds. The molecule has 0 aliphatic carbocycles. The number of hydrogen-bond donors (Lipinski definition) is 3. The number of hydrazine groups is 1. The lowest BCUT2D eigenvalue weighted by molar-refractivity contribution is -0.130. The highest BCUT2D eigenvalue weighted by molar-refractivity contribution is 5.96. The molecule has 6 nitrogen and oxygen atoms in total. The SMILES string of the molecule is CC(C)[C@H](NC(=O)Cc1ccccc1)C(=O)NNC(=O)c1ccccc1F. The van der Waals surface area contributed by atoms with E-state index in [1.807, 2.05) is 30.3 Å². The summed E-state index contributed by atoms with van der Waals surface area (Å²) < 4.78 is 13.6. The second kappa shape index (κ2) is 9.47. The Balaban J connectivity index is 1.93. The van der Waals surface area contributed by atoms with Gasteiger partial charge in [-0.15, -0.1) is 0 Å². The van der Waals surface area contributed by atoms with Crippen LogP contribution in [0.3, 0.4) is 0 Å². The third-order valence-corrected chi connectivity index (χ3v) is 3.89. The number of rotatable bonds is 6. The minimum atomic E-state index is -0.845. The van der Waals surface area contributed by atoms with Gasteiger partial charge in [0.2, 0.25) is 5.91 Å². The lowest BCUT2D eigenvalue weighted by Crippen LogP contribution is -2.54. The summed E-state index contributed by atoms with van der Waals surface area (Å²) in [7, 11) is 0. The van der Waals surface area contributed by atoms with Crippen molar-refractivity contribution in [3.05, 3.63) is 71.5 Å². The van der Waals surface area contributed by atoms with Crippen LogP contribution in [0.25, 0.3) is 0 Å². The van der Waals surface area contributed by atoms with Crippen molar-refractivity contribution in [2.24, 2.45) is 5.92 Å². The van der Waals surface area contributed by atoms with Gasteiger partial charge in [0.05, 0.1) is 12.0 Å². The van der Waals surface area contributed by atoms with Crippen LogP contribution in [0.2, 0.25) is 0 Å². The summed E-state index contributed by atoms with van der Waals surface area (Å²) >= 11 is 0. The lowest BCUT2D eigenvalue weighted by Gasteiger charge is -2.22. The highest BCUT2D eigenvalue weighted by Crippen LogP contribution is 2.06. The van der Waals surface area contributed by atoms with Gasteiger partial charge in [0.15, 0.2) is 0 Å². The van der Waals surface area contributed by atoms with E-state index in [0.717, 1.165) is 11.6 Å². The Kier molecular flexibility index (Phi) is 7.05. The molecule has 0 aliphatic heterocycles. The second-order valence-corrected chi connectivity index (χ2v) is 6.37. The molecular formula is C20H22FN3O3. The minimum Gasteiger partial charge on any atom is -0.344 e. The van der Waals surface area contributed by atoms with Crippen LogP contribution < -0.4 is 16.2 Å². The molecule has 0 aliphatic rings. The number of carbonyl (C=O) groups excluding carboxylic acids is 3. The van der Waals surface area contributed by atoms with Gasteiger partial charge in [-0.3, -0.25) is 25.2 Å². The fourth-order valence-corrected chi connectivity index (χ4v) is 2.45. The first-order valence-electron chi connectivity index (χ1n) is 8.56. The molecule has 0 saturated carbocycles. The predicted molar refractivity (Wildman–Crippen MR) is 98.9 cm³/mol. The molecule has 7 heteroatoms. The van der Waals surface area contributed by atoms with Gasteiger partial charge in [0, 0.05) is 0 Å². The summed E-state index contributed by atoms with van der Waals surface area (Å²) in [5, 5.41) is 2.66. The molecule has 0 fully saturated rings. The van der Waals surface area contributed by atoms with E-state index in [1.54, 1.807) is 13.8 Å². The van der Waals surface area contributed by atoms with E-state index in [-0.39, 0.29) is 23.8 Å². The number of hydrogen-bond acceptors (Lipinski definition) is 3. The van der Waals surface area contributed by atoms with Gasteiger partial charge < -0.3 is 5.32 Å². The molecule has 3 N–H and O–H groups in total. The maximum absolute atomic E-state index is 13.6. The van der Waals surface area contributed by atoms with Crippen LogP contribution in [0, 0.1) is 11.7 Å². The quantitative estimate of drug-likeness (QED) is 0.679. The van der Waals surface area contributed by atoms with Crippen LogP contribution in [0.5, 0.6) is 0 Å². The summed E-state index contributed by atoms with van der Waals surface area (Å²) in [5.41, 5.74) is 5.04. The van der Waals surface area contributed by atoms with E-state index in [9.17, 15) is 18.8 Å². The van der Waals surface area contributed by atoms with Crippen LogP contribution in [0.15, 0.2) is 54.6 Å². The zero-order valence-electron chi connectivity index (χ0n) is 15.2. The Labute approximate surface area is 157 Å². The van der Waals surface area contributed by atoms with Crippen LogP contribution >= 0.6 is 0 Å². The molecule has 2 aromatic carbocycles. The molecule has 0 aromatic heterocycles. The van der Waals surface area contributed by atoms with Crippen molar-refractivity contribution in [3.8, 4) is 0 Å². The molecule has 1 atom stereocenters. The molecule has 0 radical (unpaired) electrons. The Hall–Kier alpha value is -3.22. The predicted octanol–water partition coefficient (Wildman–Crippen LogP) is 1.97. The van der Waals surface area contributed by atoms with Gasteiger partial charge >= 0.3 is 0 Å². The van der Waals surface area contributed by atoms with E-state index in [0.29, 0.717) is 0 Å². The van der Waals surface area contributed by atoms with Crippen molar-refractivity contribution in [3.63, 3.8) is 0 Å². The number of halogens is 1.